The molecule has 1 aliphatic heterocycles. The molecular weight excluding hydrogens is 212 g/mol. The van der Waals surface area contributed by atoms with Crippen LogP contribution in [-0.4, -0.2) is 50.8 Å². The van der Waals surface area contributed by atoms with Crippen molar-refractivity contribution in [3.8, 4) is 0 Å². The van der Waals surface area contributed by atoms with Crippen LogP contribution in [0.25, 0.3) is 0 Å². The summed E-state index contributed by atoms with van der Waals surface area (Å²) >= 11 is 0. The lowest BCUT2D eigenvalue weighted by Gasteiger charge is -2.28. The van der Waals surface area contributed by atoms with Gasteiger partial charge in [0.2, 0.25) is 0 Å². The Hall–Kier alpha value is -0.120. The van der Waals surface area contributed by atoms with Crippen molar-refractivity contribution in [3.63, 3.8) is 0 Å². The number of nitrogens with one attached hydrogen (secondary N) is 1. The van der Waals surface area contributed by atoms with Crippen LogP contribution in [0.15, 0.2) is 0 Å². The molecule has 3 nitrogen and oxygen atoms in total. The SMILES string of the molecule is CCCCN(C)CC(NCCC)C1CCOC1. The van der Waals surface area contributed by atoms with Crippen LogP contribution in [0.5, 0.6) is 0 Å². The van der Waals surface area contributed by atoms with Crippen LogP contribution in [0.3, 0.4) is 0 Å². The molecule has 1 saturated heterocycles. The van der Waals surface area contributed by atoms with Crippen LogP contribution < -0.4 is 5.32 Å². The van der Waals surface area contributed by atoms with E-state index in [0.717, 1.165) is 26.3 Å². The Morgan fingerprint density at radius 2 is 2.18 bits per heavy atom. The highest BCUT2D eigenvalue weighted by molar-refractivity contribution is 4.81. The molecular formula is C14H30N2O. The van der Waals surface area contributed by atoms with E-state index in [0.29, 0.717) is 12.0 Å². The van der Waals surface area contributed by atoms with Gasteiger partial charge in [0.05, 0.1) is 6.61 Å². The lowest BCUT2D eigenvalue weighted by Crippen LogP contribution is -2.45. The number of likely N-dealkylation sites (N-methyl/N-ethyl adjacent to an activating group) is 1. The van der Waals surface area contributed by atoms with E-state index in [1.807, 2.05) is 0 Å². The monoisotopic (exact) mass is 242 g/mol. The van der Waals surface area contributed by atoms with Crippen molar-refractivity contribution in [2.45, 2.75) is 45.6 Å². The maximum atomic E-state index is 5.52. The van der Waals surface area contributed by atoms with Crippen molar-refractivity contribution in [1.82, 2.24) is 10.2 Å². The number of ether oxygens (including phenoxy) is 1. The molecule has 0 radical (unpaired) electrons. The van der Waals surface area contributed by atoms with Crippen LogP contribution in [-0.2, 0) is 4.74 Å². The lowest BCUT2D eigenvalue weighted by molar-refractivity contribution is 0.166. The molecule has 0 spiro atoms. The Bertz CT molecular complexity index is 181. The average molecular weight is 242 g/mol. The Morgan fingerprint density at radius 3 is 2.76 bits per heavy atom. The molecule has 0 bridgehead atoms. The fourth-order valence-corrected chi connectivity index (χ4v) is 2.44. The van der Waals surface area contributed by atoms with Gasteiger partial charge < -0.3 is 15.0 Å². The summed E-state index contributed by atoms with van der Waals surface area (Å²) in [6.45, 7) is 9.89. The van der Waals surface area contributed by atoms with Gasteiger partial charge in [-0.1, -0.05) is 20.3 Å². The summed E-state index contributed by atoms with van der Waals surface area (Å²) in [6, 6.07) is 0.610. The van der Waals surface area contributed by atoms with Crippen molar-refractivity contribution in [1.29, 1.82) is 0 Å². The quantitative estimate of drug-likeness (QED) is 0.670. The normalized spacial score (nSPS) is 22.2. The summed E-state index contributed by atoms with van der Waals surface area (Å²) in [4.78, 5) is 2.47. The van der Waals surface area contributed by atoms with Crippen molar-refractivity contribution in [2.75, 3.05) is 39.9 Å². The fraction of sp³-hybridized carbons (Fsp3) is 1.00. The minimum absolute atomic E-state index is 0.610. The first-order chi connectivity index (χ1) is 8.27. The second-order valence-corrected chi connectivity index (χ2v) is 5.30. The summed E-state index contributed by atoms with van der Waals surface area (Å²) in [5.74, 6) is 0.714. The zero-order valence-electron chi connectivity index (χ0n) is 11.9. The van der Waals surface area contributed by atoms with Gasteiger partial charge in [0.1, 0.15) is 0 Å². The molecule has 1 fully saturated rings. The molecule has 2 unspecified atom stereocenters. The van der Waals surface area contributed by atoms with E-state index < -0.39 is 0 Å². The summed E-state index contributed by atoms with van der Waals surface area (Å²) in [6.07, 6.45) is 5.02. The molecule has 1 N–H and O–H groups in total. The third-order valence-electron chi connectivity index (χ3n) is 3.59. The standard InChI is InChI=1S/C14H30N2O/c1-4-6-9-16(3)11-14(15-8-5-2)13-7-10-17-12-13/h13-15H,4-12H2,1-3H3. The molecule has 0 amide bonds. The maximum Gasteiger partial charge on any atom is 0.0510 e. The van der Waals surface area contributed by atoms with Gasteiger partial charge in [-0.15, -0.1) is 0 Å². The molecule has 0 aromatic rings. The van der Waals surface area contributed by atoms with E-state index in [4.69, 9.17) is 4.74 Å². The average Bonchev–Trinajstić information content (AvgIpc) is 2.85. The minimum atomic E-state index is 0.610. The highest BCUT2D eigenvalue weighted by Gasteiger charge is 2.25. The lowest BCUT2D eigenvalue weighted by atomic mass is 9.98. The van der Waals surface area contributed by atoms with Gasteiger partial charge >= 0.3 is 0 Å². The number of rotatable bonds is 9. The molecule has 0 aromatic heterocycles. The molecule has 0 aliphatic carbocycles. The largest absolute Gasteiger partial charge is 0.381 e. The van der Waals surface area contributed by atoms with Crippen LogP contribution in [0.2, 0.25) is 0 Å². The Balaban J connectivity index is 2.33. The number of hydrogen-bond donors (Lipinski definition) is 1. The highest BCUT2D eigenvalue weighted by atomic mass is 16.5. The van der Waals surface area contributed by atoms with E-state index >= 15 is 0 Å². The topological polar surface area (TPSA) is 24.5 Å². The minimum Gasteiger partial charge on any atom is -0.381 e. The Labute approximate surface area is 107 Å². The highest BCUT2D eigenvalue weighted by Crippen LogP contribution is 2.17. The predicted octanol–water partition coefficient (Wildman–Crippen LogP) is 2.12. The molecule has 1 aliphatic rings. The zero-order chi connectivity index (χ0) is 12.5. The van der Waals surface area contributed by atoms with Crippen molar-refractivity contribution in [2.24, 2.45) is 5.92 Å². The number of nitrogens with zero attached hydrogens (tertiary/aromatic N) is 1. The molecule has 17 heavy (non-hydrogen) atoms. The smallest absolute Gasteiger partial charge is 0.0510 e. The number of unbranched alkanes of at least 4 members (excludes halogenated alkanes) is 1. The molecule has 1 heterocycles. The molecule has 3 heteroatoms. The first kappa shape index (κ1) is 14.9. The van der Waals surface area contributed by atoms with Gasteiger partial charge in [0.15, 0.2) is 0 Å². The van der Waals surface area contributed by atoms with Gasteiger partial charge in [-0.2, -0.15) is 0 Å². The first-order valence-electron chi connectivity index (χ1n) is 7.27. The van der Waals surface area contributed by atoms with Gasteiger partial charge in [-0.3, -0.25) is 0 Å². The van der Waals surface area contributed by atoms with Crippen molar-refractivity contribution >= 4 is 0 Å². The molecule has 1 rings (SSSR count). The summed E-state index contributed by atoms with van der Waals surface area (Å²) in [5, 5.41) is 3.70. The molecule has 102 valence electrons. The fourth-order valence-electron chi connectivity index (χ4n) is 2.44. The second-order valence-electron chi connectivity index (χ2n) is 5.30. The van der Waals surface area contributed by atoms with Crippen LogP contribution in [0.4, 0.5) is 0 Å². The van der Waals surface area contributed by atoms with Crippen LogP contribution >= 0.6 is 0 Å². The molecule has 0 saturated carbocycles. The zero-order valence-corrected chi connectivity index (χ0v) is 11.9. The van der Waals surface area contributed by atoms with Gasteiger partial charge in [-0.25, -0.2) is 0 Å². The predicted molar refractivity (Wildman–Crippen MR) is 73.4 cm³/mol. The van der Waals surface area contributed by atoms with Crippen LogP contribution in [0, 0.1) is 5.92 Å². The second kappa shape index (κ2) is 8.90. The van der Waals surface area contributed by atoms with Crippen molar-refractivity contribution in [3.05, 3.63) is 0 Å². The molecule has 0 aromatic carbocycles. The molecule has 2 atom stereocenters. The van der Waals surface area contributed by atoms with E-state index in [2.05, 4.69) is 31.1 Å². The summed E-state index contributed by atoms with van der Waals surface area (Å²) < 4.78 is 5.52. The van der Waals surface area contributed by atoms with Gasteiger partial charge in [0, 0.05) is 25.1 Å². The van der Waals surface area contributed by atoms with E-state index in [1.165, 1.54) is 32.2 Å². The van der Waals surface area contributed by atoms with Crippen LogP contribution in [0.1, 0.15) is 39.5 Å². The first-order valence-corrected chi connectivity index (χ1v) is 7.27. The third-order valence-corrected chi connectivity index (χ3v) is 3.59. The van der Waals surface area contributed by atoms with Crippen molar-refractivity contribution < 1.29 is 4.74 Å². The summed E-state index contributed by atoms with van der Waals surface area (Å²) in [5.41, 5.74) is 0. The van der Waals surface area contributed by atoms with E-state index in [9.17, 15) is 0 Å². The van der Waals surface area contributed by atoms with E-state index in [-0.39, 0.29) is 0 Å². The number of hydrogen-bond acceptors (Lipinski definition) is 3. The maximum absolute atomic E-state index is 5.52. The summed E-state index contributed by atoms with van der Waals surface area (Å²) in [7, 11) is 2.24. The third kappa shape index (κ3) is 5.84. The van der Waals surface area contributed by atoms with Gasteiger partial charge in [0.25, 0.3) is 0 Å². The Morgan fingerprint density at radius 1 is 1.35 bits per heavy atom. The van der Waals surface area contributed by atoms with E-state index in [1.54, 1.807) is 0 Å². The Kier molecular flexibility index (Phi) is 7.82. The van der Waals surface area contributed by atoms with Gasteiger partial charge in [-0.05, 0) is 39.4 Å².